The van der Waals surface area contributed by atoms with Crippen molar-refractivity contribution in [2.45, 2.75) is 45.7 Å². The normalized spacial score (nSPS) is 11.8. The van der Waals surface area contributed by atoms with Crippen molar-refractivity contribution in [3.8, 4) is 0 Å². The topological polar surface area (TPSA) is 49.4 Å². The molecule has 2 rings (SSSR count). The quantitative estimate of drug-likeness (QED) is 0.559. The van der Waals surface area contributed by atoms with Gasteiger partial charge in [-0.1, -0.05) is 54.7 Å². The van der Waals surface area contributed by atoms with E-state index in [1.165, 1.54) is 17.0 Å². The van der Waals surface area contributed by atoms with E-state index in [1.54, 1.807) is 37.3 Å². The van der Waals surface area contributed by atoms with Gasteiger partial charge < -0.3 is 10.2 Å². The minimum absolute atomic E-state index is 0.0741. The number of benzene rings is 2. The highest BCUT2D eigenvalue weighted by Gasteiger charge is 2.26. The smallest absolute Gasteiger partial charge is 0.242 e. The molecule has 0 aliphatic rings. The van der Waals surface area contributed by atoms with E-state index in [1.807, 2.05) is 6.92 Å². The van der Waals surface area contributed by atoms with Gasteiger partial charge in [0.05, 0.1) is 16.5 Å². The van der Waals surface area contributed by atoms with Crippen molar-refractivity contribution in [1.82, 2.24) is 10.2 Å². The molecule has 0 fully saturated rings. The third-order valence-electron chi connectivity index (χ3n) is 4.60. The Balaban J connectivity index is 2.19. The van der Waals surface area contributed by atoms with Gasteiger partial charge in [0, 0.05) is 13.1 Å². The molecule has 29 heavy (non-hydrogen) atoms. The average Bonchev–Trinajstić information content (AvgIpc) is 2.69. The summed E-state index contributed by atoms with van der Waals surface area (Å²) in [6.07, 6.45) is 1.91. The number of nitrogens with one attached hydrogen (secondary N) is 1. The Morgan fingerprint density at radius 2 is 1.72 bits per heavy atom. The van der Waals surface area contributed by atoms with Crippen LogP contribution in [0.5, 0.6) is 0 Å². The number of carbonyl (C=O) groups is 2. The number of unbranched alkanes of at least 4 members (excludes halogenated alkanes) is 1. The van der Waals surface area contributed by atoms with Crippen LogP contribution < -0.4 is 5.32 Å². The molecule has 7 heteroatoms. The number of halogens is 3. The van der Waals surface area contributed by atoms with Crippen molar-refractivity contribution in [3.63, 3.8) is 0 Å². The van der Waals surface area contributed by atoms with E-state index in [4.69, 9.17) is 23.2 Å². The van der Waals surface area contributed by atoms with E-state index in [0.717, 1.165) is 18.4 Å². The summed E-state index contributed by atoms with van der Waals surface area (Å²) in [4.78, 5) is 27.1. The molecular formula is C22H25Cl2FN2O2. The summed E-state index contributed by atoms with van der Waals surface area (Å²) in [6.45, 7) is 4.49. The van der Waals surface area contributed by atoms with Crippen molar-refractivity contribution in [2.24, 2.45) is 0 Å². The molecule has 0 aliphatic heterocycles. The highest BCUT2D eigenvalue weighted by Crippen LogP contribution is 2.23. The van der Waals surface area contributed by atoms with E-state index in [2.05, 4.69) is 5.32 Å². The molecule has 4 nitrogen and oxygen atoms in total. The highest BCUT2D eigenvalue weighted by atomic mass is 35.5. The summed E-state index contributed by atoms with van der Waals surface area (Å²) in [5.74, 6) is -0.804. The number of amides is 2. The van der Waals surface area contributed by atoms with Crippen LogP contribution in [-0.4, -0.2) is 29.3 Å². The van der Waals surface area contributed by atoms with Crippen molar-refractivity contribution in [1.29, 1.82) is 0 Å². The van der Waals surface area contributed by atoms with Gasteiger partial charge in [-0.2, -0.15) is 0 Å². The predicted octanol–water partition coefficient (Wildman–Crippen LogP) is 5.01. The van der Waals surface area contributed by atoms with Crippen molar-refractivity contribution in [3.05, 3.63) is 69.5 Å². The molecular weight excluding hydrogens is 414 g/mol. The molecule has 0 saturated carbocycles. The molecule has 0 saturated heterocycles. The molecule has 2 aromatic rings. The Morgan fingerprint density at radius 3 is 2.34 bits per heavy atom. The predicted molar refractivity (Wildman–Crippen MR) is 114 cm³/mol. The summed E-state index contributed by atoms with van der Waals surface area (Å²) >= 11 is 12.0. The maximum Gasteiger partial charge on any atom is 0.242 e. The van der Waals surface area contributed by atoms with Crippen LogP contribution in [0.2, 0.25) is 10.0 Å². The van der Waals surface area contributed by atoms with Gasteiger partial charge in [-0.15, -0.1) is 0 Å². The fourth-order valence-corrected chi connectivity index (χ4v) is 3.15. The lowest BCUT2D eigenvalue weighted by Gasteiger charge is -2.29. The van der Waals surface area contributed by atoms with E-state index in [0.29, 0.717) is 22.2 Å². The molecule has 0 heterocycles. The fraction of sp³-hybridized carbons (Fsp3) is 0.364. The Bertz CT molecular complexity index is 843. The molecule has 0 aromatic heterocycles. The van der Waals surface area contributed by atoms with E-state index >= 15 is 0 Å². The first-order valence-electron chi connectivity index (χ1n) is 9.57. The SMILES string of the molecule is CCCCNC(=O)[C@@H](C)N(Cc1ccc(F)cc1)C(=O)Cc1ccc(Cl)c(Cl)c1. The number of rotatable bonds is 9. The lowest BCUT2D eigenvalue weighted by Crippen LogP contribution is -2.48. The average molecular weight is 439 g/mol. The minimum atomic E-state index is -0.674. The summed E-state index contributed by atoms with van der Waals surface area (Å²) in [5.41, 5.74) is 1.44. The van der Waals surface area contributed by atoms with Gasteiger partial charge in [-0.05, 0) is 48.7 Å². The Kier molecular flexibility index (Phi) is 8.93. The first-order chi connectivity index (χ1) is 13.8. The molecule has 0 radical (unpaired) electrons. The molecule has 156 valence electrons. The summed E-state index contributed by atoms with van der Waals surface area (Å²) < 4.78 is 13.2. The van der Waals surface area contributed by atoms with Crippen molar-refractivity contribution < 1.29 is 14.0 Å². The first-order valence-corrected chi connectivity index (χ1v) is 10.3. The molecule has 2 amide bonds. The van der Waals surface area contributed by atoms with Crippen LogP contribution in [0.1, 0.15) is 37.8 Å². The number of carbonyl (C=O) groups excluding carboxylic acids is 2. The molecule has 0 bridgehead atoms. The standard InChI is InChI=1S/C22H25Cl2FN2O2/c1-3-4-11-26-22(29)15(2)27(14-16-5-8-18(25)9-6-16)21(28)13-17-7-10-19(23)20(24)12-17/h5-10,12,15H,3-4,11,13-14H2,1-2H3,(H,26,29)/t15-/m1/s1. The monoisotopic (exact) mass is 438 g/mol. The van der Waals surface area contributed by atoms with Gasteiger partial charge in [0.15, 0.2) is 0 Å². The van der Waals surface area contributed by atoms with Gasteiger partial charge in [0.25, 0.3) is 0 Å². The fourth-order valence-electron chi connectivity index (χ4n) is 2.83. The second-order valence-electron chi connectivity index (χ2n) is 6.89. The minimum Gasteiger partial charge on any atom is -0.354 e. The molecule has 0 aliphatic carbocycles. The van der Waals surface area contributed by atoms with E-state index in [-0.39, 0.29) is 30.6 Å². The molecule has 0 spiro atoms. The summed E-state index contributed by atoms with van der Waals surface area (Å²) in [5, 5.41) is 3.64. The maximum atomic E-state index is 13.2. The maximum absolute atomic E-state index is 13.2. The lowest BCUT2D eigenvalue weighted by atomic mass is 10.1. The van der Waals surface area contributed by atoms with E-state index in [9.17, 15) is 14.0 Å². The summed E-state index contributed by atoms with van der Waals surface area (Å²) in [6, 6.07) is 10.2. The van der Waals surface area contributed by atoms with Crippen LogP contribution in [0, 0.1) is 5.82 Å². The molecule has 1 atom stereocenters. The second kappa shape index (κ2) is 11.2. The van der Waals surface area contributed by atoms with Gasteiger partial charge in [0.1, 0.15) is 11.9 Å². The zero-order valence-corrected chi connectivity index (χ0v) is 18.1. The van der Waals surface area contributed by atoms with Crippen LogP contribution in [0.15, 0.2) is 42.5 Å². The Labute approximate surface area is 181 Å². The number of hydrogen-bond acceptors (Lipinski definition) is 2. The van der Waals surface area contributed by atoms with Crippen LogP contribution in [0.3, 0.4) is 0 Å². The number of nitrogens with zero attached hydrogens (tertiary/aromatic N) is 1. The molecule has 1 N–H and O–H groups in total. The Hall–Kier alpha value is -2.11. The van der Waals surface area contributed by atoms with Crippen LogP contribution in [0.25, 0.3) is 0 Å². The van der Waals surface area contributed by atoms with Crippen LogP contribution >= 0.6 is 23.2 Å². The van der Waals surface area contributed by atoms with Crippen LogP contribution in [0.4, 0.5) is 4.39 Å². The van der Waals surface area contributed by atoms with Crippen molar-refractivity contribution >= 4 is 35.0 Å². The summed E-state index contributed by atoms with van der Waals surface area (Å²) in [7, 11) is 0. The van der Waals surface area contributed by atoms with Gasteiger partial charge in [0.2, 0.25) is 11.8 Å². The first kappa shape index (κ1) is 23.2. The van der Waals surface area contributed by atoms with Crippen LogP contribution in [-0.2, 0) is 22.6 Å². The molecule has 2 aromatic carbocycles. The highest BCUT2D eigenvalue weighted by molar-refractivity contribution is 6.42. The van der Waals surface area contributed by atoms with E-state index < -0.39 is 6.04 Å². The largest absolute Gasteiger partial charge is 0.354 e. The second-order valence-corrected chi connectivity index (χ2v) is 7.71. The zero-order valence-electron chi connectivity index (χ0n) is 16.6. The van der Waals surface area contributed by atoms with Gasteiger partial charge in [-0.3, -0.25) is 9.59 Å². The van der Waals surface area contributed by atoms with Gasteiger partial charge >= 0.3 is 0 Å². The zero-order chi connectivity index (χ0) is 21.4. The number of hydrogen-bond donors (Lipinski definition) is 1. The molecule has 0 unspecified atom stereocenters. The third-order valence-corrected chi connectivity index (χ3v) is 5.34. The lowest BCUT2D eigenvalue weighted by molar-refractivity contribution is -0.140. The third kappa shape index (κ3) is 7.02. The van der Waals surface area contributed by atoms with Gasteiger partial charge in [-0.25, -0.2) is 4.39 Å². The Morgan fingerprint density at radius 1 is 1.07 bits per heavy atom. The van der Waals surface area contributed by atoms with Crippen molar-refractivity contribution in [2.75, 3.05) is 6.54 Å².